The van der Waals surface area contributed by atoms with Crippen molar-refractivity contribution in [1.29, 1.82) is 0 Å². The number of nitrogens with zero attached hydrogens (tertiary/aromatic N) is 1. The zero-order valence-electron chi connectivity index (χ0n) is 10.0. The minimum absolute atomic E-state index is 0.222. The summed E-state index contributed by atoms with van der Waals surface area (Å²) >= 11 is 0. The fourth-order valence-corrected chi connectivity index (χ4v) is 2.11. The highest BCUT2D eigenvalue weighted by atomic mass is 19.1. The van der Waals surface area contributed by atoms with Crippen LogP contribution in [0, 0.1) is 5.82 Å². The molecule has 0 spiro atoms. The molecule has 0 amide bonds. The number of carbonyl (C=O) groups is 1. The summed E-state index contributed by atoms with van der Waals surface area (Å²) in [7, 11) is 0. The molecule has 94 valence electrons. The third-order valence-electron chi connectivity index (χ3n) is 3.06. The van der Waals surface area contributed by atoms with Crippen molar-refractivity contribution in [2.75, 3.05) is 5.73 Å². The molecule has 4 heteroatoms. The van der Waals surface area contributed by atoms with Gasteiger partial charge in [-0.3, -0.25) is 9.36 Å². The molecule has 2 aromatic carbocycles. The van der Waals surface area contributed by atoms with Crippen molar-refractivity contribution in [3.63, 3.8) is 0 Å². The summed E-state index contributed by atoms with van der Waals surface area (Å²) in [6.45, 7) is 0. The molecule has 3 nitrogen and oxygen atoms in total. The van der Waals surface area contributed by atoms with Gasteiger partial charge in [0.05, 0.1) is 11.1 Å². The van der Waals surface area contributed by atoms with Gasteiger partial charge in [0.1, 0.15) is 5.82 Å². The fraction of sp³-hybridized carbons (Fsp3) is 0. The van der Waals surface area contributed by atoms with Crippen LogP contribution in [0.15, 0.2) is 54.7 Å². The summed E-state index contributed by atoms with van der Waals surface area (Å²) < 4.78 is 14.6. The average Bonchev–Trinajstić information content (AvgIpc) is 2.81. The topological polar surface area (TPSA) is 48.0 Å². The lowest BCUT2D eigenvalue weighted by atomic mass is 10.1. The van der Waals surface area contributed by atoms with Crippen LogP contribution in [-0.2, 0) is 0 Å². The molecule has 0 aliphatic heterocycles. The van der Waals surface area contributed by atoms with Gasteiger partial charge in [-0.2, -0.15) is 0 Å². The van der Waals surface area contributed by atoms with Gasteiger partial charge in [-0.15, -0.1) is 0 Å². The first-order valence-electron chi connectivity index (χ1n) is 5.82. The first kappa shape index (κ1) is 11.5. The van der Waals surface area contributed by atoms with Crippen molar-refractivity contribution in [2.45, 2.75) is 0 Å². The van der Waals surface area contributed by atoms with Gasteiger partial charge in [-0.25, -0.2) is 4.39 Å². The SMILES string of the molecule is Nc1ccccc1C(=O)n1ccc2cc(F)ccc21. The van der Waals surface area contributed by atoms with Gasteiger partial charge in [-0.05, 0) is 36.4 Å². The Bertz CT molecular complexity index is 777. The molecule has 1 heterocycles. The van der Waals surface area contributed by atoms with Gasteiger partial charge in [-0.1, -0.05) is 12.1 Å². The summed E-state index contributed by atoms with van der Waals surface area (Å²) in [5.74, 6) is -0.545. The Morgan fingerprint density at radius 2 is 1.89 bits per heavy atom. The van der Waals surface area contributed by atoms with E-state index in [2.05, 4.69) is 0 Å². The quantitative estimate of drug-likeness (QED) is 0.678. The molecule has 0 aliphatic rings. The fourth-order valence-electron chi connectivity index (χ4n) is 2.11. The van der Waals surface area contributed by atoms with Crippen LogP contribution in [0.3, 0.4) is 0 Å². The van der Waals surface area contributed by atoms with Crippen LogP contribution in [0.5, 0.6) is 0 Å². The lowest BCUT2D eigenvalue weighted by Gasteiger charge is -2.06. The monoisotopic (exact) mass is 254 g/mol. The Morgan fingerprint density at radius 3 is 2.68 bits per heavy atom. The Labute approximate surface area is 109 Å². The molecule has 2 N–H and O–H groups in total. The number of fused-ring (bicyclic) bond motifs is 1. The summed E-state index contributed by atoms with van der Waals surface area (Å²) in [4.78, 5) is 12.4. The summed E-state index contributed by atoms with van der Waals surface area (Å²) in [5.41, 5.74) is 7.33. The second-order valence-corrected chi connectivity index (χ2v) is 4.28. The lowest BCUT2D eigenvalue weighted by molar-refractivity contribution is 0.0966. The average molecular weight is 254 g/mol. The number of carbonyl (C=O) groups excluding carboxylic acids is 1. The molecule has 0 atom stereocenters. The predicted octanol–water partition coefficient (Wildman–Crippen LogP) is 3.05. The van der Waals surface area contributed by atoms with E-state index in [4.69, 9.17) is 5.73 Å². The Kier molecular flexibility index (Phi) is 2.56. The van der Waals surface area contributed by atoms with Gasteiger partial charge in [0.15, 0.2) is 0 Å². The first-order chi connectivity index (χ1) is 9.16. The second-order valence-electron chi connectivity index (χ2n) is 4.28. The molecule has 3 rings (SSSR count). The molecule has 19 heavy (non-hydrogen) atoms. The summed E-state index contributed by atoms with van der Waals surface area (Å²) in [6.07, 6.45) is 1.62. The van der Waals surface area contributed by atoms with E-state index in [9.17, 15) is 9.18 Å². The minimum atomic E-state index is -0.322. The van der Waals surface area contributed by atoms with Crippen molar-refractivity contribution < 1.29 is 9.18 Å². The highest BCUT2D eigenvalue weighted by Crippen LogP contribution is 2.20. The van der Waals surface area contributed by atoms with Gasteiger partial charge in [0, 0.05) is 17.3 Å². The Hall–Kier alpha value is -2.62. The van der Waals surface area contributed by atoms with Gasteiger partial charge < -0.3 is 5.73 Å². The lowest BCUT2D eigenvalue weighted by Crippen LogP contribution is -2.12. The van der Waals surface area contributed by atoms with Crippen molar-refractivity contribution in [2.24, 2.45) is 0 Å². The number of anilines is 1. The molecule has 1 aromatic heterocycles. The van der Waals surface area contributed by atoms with Crippen LogP contribution in [0.2, 0.25) is 0 Å². The van der Waals surface area contributed by atoms with Gasteiger partial charge in [0.25, 0.3) is 5.91 Å². The molecule has 0 radical (unpaired) electrons. The van der Waals surface area contributed by atoms with E-state index in [1.807, 2.05) is 0 Å². The summed E-state index contributed by atoms with van der Waals surface area (Å²) in [6, 6.07) is 12.9. The maximum Gasteiger partial charge on any atom is 0.264 e. The van der Waals surface area contributed by atoms with Gasteiger partial charge >= 0.3 is 0 Å². The number of para-hydroxylation sites is 1. The van der Waals surface area contributed by atoms with E-state index >= 15 is 0 Å². The predicted molar refractivity (Wildman–Crippen MR) is 72.5 cm³/mol. The molecular weight excluding hydrogens is 243 g/mol. The Balaban J connectivity index is 2.15. The number of rotatable bonds is 1. The van der Waals surface area contributed by atoms with E-state index < -0.39 is 0 Å². The standard InChI is InChI=1S/C15H11FN2O/c16-11-5-6-14-10(9-11)7-8-18(14)15(19)12-3-1-2-4-13(12)17/h1-9H,17H2. The number of benzene rings is 2. The normalized spacial score (nSPS) is 10.8. The van der Waals surface area contributed by atoms with E-state index in [1.54, 1.807) is 42.6 Å². The van der Waals surface area contributed by atoms with E-state index in [1.165, 1.54) is 16.7 Å². The molecule has 0 unspecified atom stereocenters. The van der Waals surface area contributed by atoms with Crippen LogP contribution < -0.4 is 5.73 Å². The minimum Gasteiger partial charge on any atom is -0.398 e. The number of nitrogens with two attached hydrogens (primary N) is 1. The van der Waals surface area contributed by atoms with Crippen molar-refractivity contribution in [3.05, 3.63) is 66.1 Å². The number of hydrogen-bond acceptors (Lipinski definition) is 2. The smallest absolute Gasteiger partial charge is 0.264 e. The number of hydrogen-bond donors (Lipinski definition) is 1. The zero-order chi connectivity index (χ0) is 13.4. The molecular formula is C15H11FN2O. The van der Waals surface area contributed by atoms with E-state index in [0.717, 1.165) is 0 Å². The first-order valence-corrected chi connectivity index (χ1v) is 5.82. The second kappa shape index (κ2) is 4.24. The van der Waals surface area contributed by atoms with Crippen molar-refractivity contribution in [3.8, 4) is 0 Å². The zero-order valence-corrected chi connectivity index (χ0v) is 10.0. The van der Waals surface area contributed by atoms with Crippen LogP contribution in [0.1, 0.15) is 10.4 Å². The number of halogens is 1. The molecule has 0 aliphatic carbocycles. The molecule has 0 saturated carbocycles. The third-order valence-corrected chi connectivity index (χ3v) is 3.06. The highest BCUT2D eigenvalue weighted by Gasteiger charge is 2.13. The van der Waals surface area contributed by atoms with Crippen LogP contribution >= 0.6 is 0 Å². The van der Waals surface area contributed by atoms with Gasteiger partial charge in [0.2, 0.25) is 0 Å². The van der Waals surface area contributed by atoms with Crippen molar-refractivity contribution in [1.82, 2.24) is 4.57 Å². The largest absolute Gasteiger partial charge is 0.398 e. The van der Waals surface area contributed by atoms with Crippen molar-refractivity contribution >= 4 is 22.5 Å². The maximum absolute atomic E-state index is 13.1. The van der Waals surface area contributed by atoms with E-state index in [-0.39, 0.29) is 11.7 Å². The molecule has 3 aromatic rings. The molecule has 0 bridgehead atoms. The van der Waals surface area contributed by atoms with Crippen LogP contribution in [0.4, 0.5) is 10.1 Å². The van der Waals surface area contributed by atoms with Crippen LogP contribution in [0.25, 0.3) is 10.9 Å². The summed E-state index contributed by atoms with van der Waals surface area (Å²) in [5, 5.41) is 0.683. The number of aromatic nitrogens is 1. The van der Waals surface area contributed by atoms with E-state index in [0.29, 0.717) is 22.2 Å². The van der Waals surface area contributed by atoms with Crippen LogP contribution in [-0.4, -0.2) is 10.5 Å². The third kappa shape index (κ3) is 1.87. The highest BCUT2D eigenvalue weighted by molar-refractivity contribution is 6.05. The number of nitrogen functional groups attached to an aromatic ring is 1. The molecule has 0 saturated heterocycles. The Morgan fingerprint density at radius 1 is 1.11 bits per heavy atom. The molecule has 0 fully saturated rings. The maximum atomic E-state index is 13.1.